The summed E-state index contributed by atoms with van der Waals surface area (Å²) in [6.45, 7) is 1.85. The van der Waals surface area contributed by atoms with Crippen molar-refractivity contribution in [1.82, 2.24) is 0 Å². The number of aliphatic carboxylic acids is 1. The molecule has 2 rings (SSSR count). The fourth-order valence-electron chi connectivity index (χ4n) is 1.86. The lowest BCUT2D eigenvalue weighted by molar-refractivity contribution is -0.310. The molecule has 17 heavy (non-hydrogen) atoms. The Morgan fingerprint density at radius 3 is 2.82 bits per heavy atom. The van der Waals surface area contributed by atoms with Gasteiger partial charge in [0.05, 0.1) is 12.1 Å². The number of carbonyl (C=O) groups excluding carboxylic acids is 1. The standard InChI is InChI=1S/C12H14O5/c1-2-8(13)11(12(14)15)7-3-4-9-10(5-7)17-6-16-9/h3-5,8,11,13H,2,6H2,1H3,(H,14,15)/p-1. The molecular weight excluding hydrogens is 224 g/mol. The number of fused-ring (bicyclic) bond motifs is 1. The molecule has 0 radical (unpaired) electrons. The van der Waals surface area contributed by atoms with Crippen molar-refractivity contribution in [3.05, 3.63) is 23.8 Å². The van der Waals surface area contributed by atoms with E-state index in [0.717, 1.165) is 0 Å². The molecule has 0 aliphatic carbocycles. The Hall–Kier alpha value is -1.75. The van der Waals surface area contributed by atoms with Gasteiger partial charge >= 0.3 is 0 Å². The monoisotopic (exact) mass is 237 g/mol. The van der Waals surface area contributed by atoms with Crippen LogP contribution in [0, 0.1) is 0 Å². The smallest absolute Gasteiger partial charge is 0.231 e. The molecule has 92 valence electrons. The van der Waals surface area contributed by atoms with E-state index < -0.39 is 18.0 Å². The summed E-state index contributed by atoms with van der Waals surface area (Å²) in [6, 6.07) is 4.81. The highest BCUT2D eigenvalue weighted by atomic mass is 16.7. The van der Waals surface area contributed by atoms with E-state index in [0.29, 0.717) is 23.5 Å². The van der Waals surface area contributed by atoms with E-state index in [1.807, 2.05) is 0 Å². The molecule has 0 bridgehead atoms. The predicted octanol–water partition coefficient (Wildman–Crippen LogP) is 0.0197. The van der Waals surface area contributed by atoms with Crippen LogP contribution in [0.5, 0.6) is 11.5 Å². The molecule has 0 saturated carbocycles. The summed E-state index contributed by atoms with van der Waals surface area (Å²) in [5.41, 5.74) is 0.462. The van der Waals surface area contributed by atoms with E-state index >= 15 is 0 Å². The van der Waals surface area contributed by atoms with Crippen LogP contribution in [0.15, 0.2) is 18.2 Å². The molecule has 1 heterocycles. The first-order valence-electron chi connectivity index (χ1n) is 5.42. The number of rotatable bonds is 4. The number of hydrogen-bond donors (Lipinski definition) is 1. The summed E-state index contributed by atoms with van der Waals surface area (Å²) in [5, 5.41) is 20.8. The molecule has 5 nitrogen and oxygen atoms in total. The molecule has 1 N–H and O–H groups in total. The molecule has 0 saturated heterocycles. The molecule has 2 unspecified atom stereocenters. The van der Waals surface area contributed by atoms with Gasteiger partial charge in [0.2, 0.25) is 6.79 Å². The summed E-state index contributed by atoms with van der Waals surface area (Å²) in [6.07, 6.45) is -0.632. The van der Waals surface area contributed by atoms with Crippen molar-refractivity contribution >= 4 is 5.97 Å². The average molecular weight is 237 g/mol. The zero-order chi connectivity index (χ0) is 12.4. The number of carboxylic acids is 1. The first-order chi connectivity index (χ1) is 8.13. The normalized spacial score (nSPS) is 16.6. The van der Waals surface area contributed by atoms with E-state index in [9.17, 15) is 15.0 Å². The van der Waals surface area contributed by atoms with E-state index in [-0.39, 0.29) is 6.79 Å². The number of ether oxygens (including phenoxy) is 2. The van der Waals surface area contributed by atoms with Crippen LogP contribution in [0.4, 0.5) is 0 Å². The van der Waals surface area contributed by atoms with Gasteiger partial charge in [0.25, 0.3) is 0 Å². The maximum atomic E-state index is 11.1. The van der Waals surface area contributed by atoms with Gasteiger partial charge in [-0.25, -0.2) is 0 Å². The summed E-state index contributed by atoms with van der Waals surface area (Å²) in [5.74, 6) is -1.26. The van der Waals surface area contributed by atoms with Crippen molar-refractivity contribution in [1.29, 1.82) is 0 Å². The zero-order valence-electron chi connectivity index (χ0n) is 9.38. The van der Waals surface area contributed by atoms with Gasteiger partial charge in [0, 0.05) is 5.92 Å². The number of carbonyl (C=O) groups is 1. The van der Waals surface area contributed by atoms with Crippen molar-refractivity contribution in [2.45, 2.75) is 25.4 Å². The highest BCUT2D eigenvalue weighted by Gasteiger charge is 2.23. The number of aliphatic hydroxyl groups excluding tert-OH is 1. The molecule has 1 aromatic rings. The zero-order valence-corrected chi connectivity index (χ0v) is 9.38. The first-order valence-corrected chi connectivity index (χ1v) is 5.42. The SMILES string of the molecule is CCC(O)C(C(=O)[O-])c1ccc2c(c1)OCO2. The Kier molecular flexibility index (Phi) is 3.19. The van der Waals surface area contributed by atoms with Gasteiger partial charge in [0.15, 0.2) is 11.5 Å². The minimum absolute atomic E-state index is 0.130. The van der Waals surface area contributed by atoms with E-state index in [4.69, 9.17) is 9.47 Å². The lowest BCUT2D eigenvalue weighted by Gasteiger charge is -2.23. The Balaban J connectivity index is 2.33. The molecule has 0 aromatic heterocycles. The largest absolute Gasteiger partial charge is 0.549 e. The minimum Gasteiger partial charge on any atom is -0.549 e. The van der Waals surface area contributed by atoms with Crippen LogP contribution in [-0.4, -0.2) is 24.0 Å². The predicted molar refractivity (Wildman–Crippen MR) is 56.6 cm³/mol. The molecule has 2 atom stereocenters. The van der Waals surface area contributed by atoms with Crippen molar-refractivity contribution < 1.29 is 24.5 Å². The van der Waals surface area contributed by atoms with Gasteiger partial charge in [-0.3, -0.25) is 0 Å². The van der Waals surface area contributed by atoms with Crippen molar-refractivity contribution in [3.8, 4) is 11.5 Å². The fourth-order valence-corrected chi connectivity index (χ4v) is 1.86. The third-order valence-electron chi connectivity index (χ3n) is 2.81. The van der Waals surface area contributed by atoms with E-state index in [1.165, 1.54) is 0 Å². The van der Waals surface area contributed by atoms with Gasteiger partial charge in [-0.1, -0.05) is 13.0 Å². The van der Waals surface area contributed by atoms with Crippen LogP contribution in [-0.2, 0) is 4.79 Å². The van der Waals surface area contributed by atoms with Crippen molar-refractivity contribution in [3.63, 3.8) is 0 Å². The lowest BCUT2D eigenvalue weighted by Crippen LogP contribution is -2.36. The third-order valence-corrected chi connectivity index (χ3v) is 2.81. The number of hydrogen-bond acceptors (Lipinski definition) is 5. The first kappa shape index (κ1) is 11.7. The fraction of sp³-hybridized carbons (Fsp3) is 0.417. The second kappa shape index (κ2) is 4.63. The van der Waals surface area contributed by atoms with Crippen molar-refractivity contribution in [2.24, 2.45) is 0 Å². The van der Waals surface area contributed by atoms with Gasteiger partial charge < -0.3 is 24.5 Å². The van der Waals surface area contributed by atoms with Gasteiger partial charge in [-0.15, -0.1) is 0 Å². The highest BCUT2D eigenvalue weighted by Crippen LogP contribution is 2.35. The summed E-state index contributed by atoms with van der Waals surface area (Å²) >= 11 is 0. The van der Waals surface area contributed by atoms with Gasteiger partial charge in [0.1, 0.15) is 0 Å². The summed E-state index contributed by atoms with van der Waals surface area (Å²) in [4.78, 5) is 11.1. The highest BCUT2D eigenvalue weighted by molar-refractivity contribution is 5.75. The quantitative estimate of drug-likeness (QED) is 0.798. The van der Waals surface area contributed by atoms with Crippen LogP contribution < -0.4 is 14.6 Å². The molecule has 5 heteroatoms. The van der Waals surface area contributed by atoms with Crippen LogP contribution in [0.3, 0.4) is 0 Å². The summed E-state index contributed by atoms with van der Waals surface area (Å²) in [7, 11) is 0. The van der Waals surface area contributed by atoms with Gasteiger partial charge in [-0.2, -0.15) is 0 Å². The van der Waals surface area contributed by atoms with Crippen molar-refractivity contribution in [2.75, 3.05) is 6.79 Å². The van der Waals surface area contributed by atoms with E-state index in [1.54, 1.807) is 25.1 Å². The van der Waals surface area contributed by atoms with Crippen LogP contribution in [0.2, 0.25) is 0 Å². The van der Waals surface area contributed by atoms with Gasteiger partial charge in [-0.05, 0) is 24.1 Å². The third kappa shape index (κ3) is 2.19. The lowest BCUT2D eigenvalue weighted by atomic mass is 9.92. The number of benzene rings is 1. The minimum atomic E-state index is -1.29. The number of carboxylic acid groups (broad SMARTS) is 1. The number of aliphatic hydroxyl groups is 1. The average Bonchev–Trinajstić information content (AvgIpc) is 2.75. The van der Waals surface area contributed by atoms with Crippen LogP contribution in [0.1, 0.15) is 24.8 Å². The molecule has 0 amide bonds. The molecule has 1 aliphatic rings. The molecule has 1 aliphatic heterocycles. The molecular formula is C12H13O5-. The second-order valence-corrected chi connectivity index (χ2v) is 3.89. The molecule has 0 spiro atoms. The van der Waals surface area contributed by atoms with Crippen LogP contribution >= 0.6 is 0 Å². The maximum Gasteiger partial charge on any atom is 0.231 e. The molecule has 1 aromatic carbocycles. The Bertz CT molecular complexity index is 429. The topological polar surface area (TPSA) is 78.8 Å². The second-order valence-electron chi connectivity index (χ2n) is 3.89. The molecule has 0 fully saturated rings. The Labute approximate surface area is 98.6 Å². The van der Waals surface area contributed by atoms with Crippen LogP contribution in [0.25, 0.3) is 0 Å². The maximum absolute atomic E-state index is 11.1. The summed E-state index contributed by atoms with van der Waals surface area (Å²) < 4.78 is 10.3. The Morgan fingerprint density at radius 2 is 2.18 bits per heavy atom. The van der Waals surface area contributed by atoms with E-state index in [2.05, 4.69) is 0 Å². The Morgan fingerprint density at radius 1 is 1.47 bits per heavy atom.